The summed E-state index contributed by atoms with van der Waals surface area (Å²) >= 11 is 4.99. The van der Waals surface area contributed by atoms with Crippen molar-refractivity contribution in [1.82, 2.24) is 4.98 Å². The number of aromatic nitrogens is 1. The summed E-state index contributed by atoms with van der Waals surface area (Å²) in [5.41, 5.74) is 1.12. The molecule has 2 rings (SSSR count). The fourth-order valence-electron chi connectivity index (χ4n) is 1.03. The molecule has 1 nitrogen and oxygen atoms in total. The Morgan fingerprint density at radius 3 is 3.00 bits per heavy atom. The van der Waals surface area contributed by atoms with E-state index in [1.165, 1.54) is 5.39 Å². The number of aromatic amines is 1. The normalized spacial score (nSPS) is 10.4. The van der Waals surface area contributed by atoms with Crippen LogP contribution in [0, 0.1) is 0 Å². The Bertz CT molecular complexity index is 351. The summed E-state index contributed by atoms with van der Waals surface area (Å²) in [5.74, 6) is 0. The van der Waals surface area contributed by atoms with E-state index in [2.05, 4.69) is 4.98 Å². The minimum atomic E-state index is 0.884. The molecule has 0 bridgehead atoms. The van der Waals surface area contributed by atoms with Gasteiger partial charge >= 0.3 is 0 Å². The van der Waals surface area contributed by atoms with E-state index in [9.17, 15) is 0 Å². The average Bonchev–Trinajstić information content (AvgIpc) is 2.33. The van der Waals surface area contributed by atoms with Crippen LogP contribution in [0.1, 0.15) is 0 Å². The van der Waals surface area contributed by atoms with Crippen molar-refractivity contribution in [3.63, 3.8) is 0 Å². The van der Waals surface area contributed by atoms with Crippen LogP contribution in [0.5, 0.6) is 0 Å². The SMILES string of the molecule is [S]c1ccc2cc[nH]c2c1. The molecule has 10 heavy (non-hydrogen) atoms. The molecule has 0 spiro atoms. The smallest absolute Gasteiger partial charge is 0.0468 e. The summed E-state index contributed by atoms with van der Waals surface area (Å²) < 4.78 is 0. The molecule has 0 saturated heterocycles. The molecule has 49 valence electrons. The zero-order valence-corrected chi connectivity index (χ0v) is 6.11. The fourth-order valence-corrected chi connectivity index (χ4v) is 1.21. The van der Waals surface area contributed by atoms with E-state index in [4.69, 9.17) is 12.6 Å². The fraction of sp³-hybridized carbons (Fsp3) is 0. The highest BCUT2D eigenvalue weighted by atomic mass is 32.1. The van der Waals surface area contributed by atoms with Crippen LogP contribution in [0.4, 0.5) is 0 Å². The molecule has 1 aromatic heterocycles. The number of fused-ring (bicyclic) bond motifs is 1. The summed E-state index contributed by atoms with van der Waals surface area (Å²) in [6, 6.07) is 7.95. The molecular formula is C8H6NS. The van der Waals surface area contributed by atoms with Crippen LogP contribution in [0.2, 0.25) is 0 Å². The van der Waals surface area contributed by atoms with Gasteiger partial charge in [-0.3, -0.25) is 0 Å². The molecule has 0 unspecified atom stereocenters. The summed E-state index contributed by atoms with van der Waals surface area (Å²) in [6.45, 7) is 0. The van der Waals surface area contributed by atoms with Gasteiger partial charge in [0.15, 0.2) is 0 Å². The molecule has 0 aliphatic carbocycles. The predicted octanol–water partition coefficient (Wildman–Crippen LogP) is 2.72. The van der Waals surface area contributed by atoms with Crippen molar-refractivity contribution in [2.24, 2.45) is 0 Å². The third-order valence-corrected chi connectivity index (χ3v) is 1.78. The Hall–Kier alpha value is -1.02. The first kappa shape index (κ1) is 5.74. The Morgan fingerprint density at radius 2 is 2.10 bits per heavy atom. The van der Waals surface area contributed by atoms with E-state index in [0.29, 0.717) is 0 Å². The van der Waals surface area contributed by atoms with E-state index in [1.54, 1.807) is 0 Å². The van der Waals surface area contributed by atoms with Gasteiger partial charge in [0.2, 0.25) is 0 Å². The predicted molar refractivity (Wildman–Crippen MR) is 44.2 cm³/mol. The second-order valence-corrected chi connectivity index (χ2v) is 2.70. The van der Waals surface area contributed by atoms with Crippen LogP contribution in [0.3, 0.4) is 0 Å². The van der Waals surface area contributed by atoms with E-state index in [0.717, 1.165) is 10.4 Å². The van der Waals surface area contributed by atoms with Gasteiger partial charge in [-0.05, 0) is 23.6 Å². The van der Waals surface area contributed by atoms with Gasteiger partial charge in [-0.25, -0.2) is 0 Å². The highest BCUT2D eigenvalue weighted by Crippen LogP contribution is 2.15. The molecule has 1 heterocycles. The first-order valence-corrected chi connectivity index (χ1v) is 3.51. The van der Waals surface area contributed by atoms with Gasteiger partial charge in [-0.2, -0.15) is 0 Å². The van der Waals surface area contributed by atoms with Gasteiger partial charge in [-0.15, -0.1) is 0 Å². The van der Waals surface area contributed by atoms with Gasteiger partial charge in [0.05, 0.1) is 0 Å². The molecule has 0 atom stereocenters. The maximum atomic E-state index is 4.99. The van der Waals surface area contributed by atoms with Crippen LogP contribution in [-0.2, 0) is 0 Å². The lowest BCUT2D eigenvalue weighted by molar-refractivity contribution is 1.44. The highest BCUT2D eigenvalue weighted by Gasteiger charge is 1.92. The second-order valence-electron chi connectivity index (χ2n) is 2.23. The van der Waals surface area contributed by atoms with Crippen molar-refractivity contribution in [3.05, 3.63) is 30.5 Å². The largest absolute Gasteiger partial charge is 0.361 e. The van der Waals surface area contributed by atoms with Crippen molar-refractivity contribution >= 4 is 23.5 Å². The zero-order valence-electron chi connectivity index (χ0n) is 5.29. The van der Waals surface area contributed by atoms with Gasteiger partial charge < -0.3 is 4.98 Å². The van der Waals surface area contributed by atoms with Crippen molar-refractivity contribution in [1.29, 1.82) is 0 Å². The lowest BCUT2D eigenvalue weighted by Crippen LogP contribution is -1.66. The van der Waals surface area contributed by atoms with E-state index in [-0.39, 0.29) is 0 Å². The minimum Gasteiger partial charge on any atom is -0.361 e. The Labute approximate surface area is 64.5 Å². The molecular weight excluding hydrogens is 142 g/mol. The Balaban J connectivity index is 2.86. The molecule has 0 fully saturated rings. The summed E-state index contributed by atoms with van der Waals surface area (Å²) in [7, 11) is 0. The van der Waals surface area contributed by atoms with Gasteiger partial charge in [0, 0.05) is 16.6 Å². The highest BCUT2D eigenvalue weighted by molar-refractivity contribution is 7.80. The van der Waals surface area contributed by atoms with Crippen LogP contribution < -0.4 is 0 Å². The van der Waals surface area contributed by atoms with Gasteiger partial charge in [0.25, 0.3) is 0 Å². The molecule has 1 N–H and O–H groups in total. The van der Waals surface area contributed by atoms with E-state index >= 15 is 0 Å². The molecule has 0 aliphatic rings. The Morgan fingerprint density at radius 1 is 1.20 bits per heavy atom. The quantitative estimate of drug-likeness (QED) is 0.591. The number of hydrogen-bond donors (Lipinski definition) is 1. The summed E-state index contributed by atoms with van der Waals surface area (Å²) in [5, 5.41) is 1.22. The third-order valence-electron chi connectivity index (χ3n) is 1.53. The standard InChI is InChI=1S/C8H6NS/c10-7-2-1-6-3-4-9-8(6)5-7/h1-5,9H. The molecule has 2 heteroatoms. The number of hydrogen-bond acceptors (Lipinski definition) is 0. The maximum absolute atomic E-state index is 4.99. The zero-order chi connectivity index (χ0) is 6.97. The first-order chi connectivity index (χ1) is 4.86. The summed E-state index contributed by atoms with van der Waals surface area (Å²) in [4.78, 5) is 3.98. The molecule has 0 aliphatic heterocycles. The van der Waals surface area contributed by atoms with Crippen molar-refractivity contribution < 1.29 is 0 Å². The summed E-state index contributed by atoms with van der Waals surface area (Å²) in [6.07, 6.45) is 1.92. The molecule has 2 aromatic rings. The van der Waals surface area contributed by atoms with Gasteiger partial charge in [-0.1, -0.05) is 18.7 Å². The van der Waals surface area contributed by atoms with Crippen molar-refractivity contribution in [3.8, 4) is 0 Å². The maximum Gasteiger partial charge on any atom is 0.0468 e. The van der Waals surface area contributed by atoms with Crippen molar-refractivity contribution in [2.75, 3.05) is 0 Å². The van der Waals surface area contributed by atoms with Crippen LogP contribution in [0.15, 0.2) is 35.4 Å². The average molecular weight is 148 g/mol. The van der Waals surface area contributed by atoms with Gasteiger partial charge in [0.1, 0.15) is 0 Å². The van der Waals surface area contributed by atoms with E-state index < -0.39 is 0 Å². The topological polar surface area (TPSA) is 15.8 Å². The lowest BCUT2D eigenvalue weighted by Gasteiger charge is -1.88. The van der Waals surface area contributed by atoms with Crippen LogP contribution >= 0.6 is 12.6 Å². The number of benzene rings is 1. The van der Waals surface area contributed by atoms with Crippen LogP contribution in [-0.4, -0.2) is 4.98 Å². The third kappa shape index (κ3) is 0.772. The monoisotopic (exact) mass is 148 g/mol. The minimum absolute atomic E-state index is 0.884. The van der Waals surface area contributed by atoms with Crippen LogP contribution in [0.25, 0.3) is 10.9 Å². The number of nitrogens with one attached hydrogen (secondary N) is 1. The number of rotatable bonds is 0. The van der Waals surface area contributed by atoms with E-state index in [1.807, 2.05) is 30.5 Å². The first-order valence-electron chi connectivity index (χ1n) is 3.10. The lowest BCUT2D eigenvalue weighted by atomic mass is 10.2. The number of H-pyrrole nitrogens is 1. The Kier molecular flexibility index (Phi) is 1.14. The molecule has 1 aromatic carbocycles. The second kappa shape index (κ2) is 1.99. The van der Waals surface area contributed by atoms with Crippen molar-refractivity contribution in [2.45, 2.75) is 4.90 Å². The molecule has 0 amide bonds. The molecule has 1 radical (unpaired) electrons. The molecule has 0 saturated carbocycles.